The highest BCUT2D eigenvalue weighted by atomic mass is 16.3. The molecule has 1 heteroatoms. The van der Waals surface area contributed by atoms with Gasteiger partial charge in [0.2, 0.25) is 0 Å². The summed E-state index contributed by atoms with van der Waals surface area (Å²) in [7, 11) is 0. The lowest BCUT2D eigenvalue weighted by Gasteiger charge is -2.02. The van der Waals surface area contributed by atoms with Crippen LogP contribution in [0.2, 0.25) is 0 Å². The van der Waals surface area contributed by atoms with Crippen molar-refractivity contribution in [3.63, 3.8) is 0 Å². The van der Waals surface area contributed by atoms with Crippen molar-refractivity contribution >= 4 is 0 Å². The first-order valence-electron chi connectivity index (χ1n) is 2.96. The van der Waals surface area contributed by atoms with Crippen LogP contribution >= 0.6 is 0 Å². The quantitative estimate of drug-likeness (QED) is 0.570. The molecule has 0 aliphatic heterocycles. The molecule has 1 aromatic carbocycles. The van der Waals surface area contributed by atoms with Crippen molar-refractivity contribution in [2.45, 2.75) is 6.92 Å². The highest BCUT2D eigenvalue weighted by molar-refractivity contribution is 5.46. The van der Waals surface area contributed by atoms with Crippen LogP contribution in [0.5, 0.6) is 5.75 Å². The van der Waals surface area contributed by atoms with E-state index in [4.69, 9.17) is 19.0 Å². The fourth-order valence-corrected chi connectivity index (χ4v) is 0.836. The third kappa shape index (κ3) is 1.13. The molecule has 0 atom stereocenters. The van der Waals surface area contributed by atoms with E-state index >= 15 is 0 Å². The smallest absolute Gasteiger partial charge is 0.122 e. The largest absolute Gasteiger partial charge is 0.507 e. The predicted molar refractivity (Wildman–Crippen MR) is 39.6 cm³/mol. The molecule has 0 aromatic heterocycles. The first-order valence-corrected chi connectivity index (χ1v) is 2.96. The molecule has 1 aromatic rings. The van der Waals surface area contributed by atoms with Crippen LogP contribution in [0.1, 0.15) is 16.7 Å². The van der Waals surface area contributed by atoms with E-state index in [0.717, 1.165) is 5.56 Å². The van der Waals surface area contributed by atoms with Gasteiger partial charge in [-0.1, -0.05) is 17.7 Å². The SMILES string of the molecule is [CH]c1cc(C)cc([CH])c1O. The molecule has 1 N–H and O–H groups in total. The maximum absolute atomic E-state index is 9.08. The van der Waals surface area contributed by atoms with Gasteiger partial charge in [0.1, 0.15) is 5.75 Å². The lowest BCUT2D eigenvalue weighted by atomic mass is 10.1. The molecule has 0 heterocycles. The van der Waals surface area contributed by atoms with Crippen LogP contribution in [0.4, 0.5) is 0 Å². The summed E-state index contributed by atoms with van der Waals surface area (Å²) in [5.74, 6) is -0.0226. The van der Waals surface area contributed by atoms with Crippen LogP contribution in [0, 0.1) is 20.8 Å². The van der Waals surface area contributed by atoms with Gasteiger partial charge in [0.15, 0.2) is 0 Å². The fourth-order valence-electron chi connectivity index (χ4n) is 0.836. The molecule has 1 rings (SSSR count). The average molecular weight is 132 g/mol. The normalized spacial score (nSPS) is 9.90. The number of hydrogen-bond donors (Lipinski definition) is 1. The van der Waals surface area contributed by atoms with E-state index in [-0.39, 0.29) is 5.75 Å². The minimum absolute atomic E-state index is 0.0226. The summed E-state index contributed by atoms with van der Waals surface area (Å²) < 4.78 is 0. The van der Waals surface area contributed by atoms with Gasteiger partial charge in [-0.2, -0.15) is 0 Å². The van der Waals surface area contributed by atoms with Crippen LogP contribution in [-0.2, 0) is 0 Å². The summed E-state index contributed by atoms with van der Waals surface area (Å²) in [5, 5.41) is 9.08. The standard InChI is InChI=1S/C9H8O/c1-6-4-7(2)9(10)8(3)5-6/h2-5,10H,1H3. The van der Waals surface area contributed by atoms with Crippen LogP contribution in [0.25, 0.3) is 0 Å². The molecule has 0 aliphatic carbocycles. The molecule has 0 unspecified atom stereocenters. The summed E-state index contributed by atoms with van der Waals surface area (Å²) in [6.07, 6.45) is 0. The number of hydrogen-bond acceptors (Lipinski definition) is 1. The van der Waals surface area contributed by atoms with Gasteiger partial charge in [0.05, 0.1) is 0 Å². The van der Waals surface area contributed by atoms with Gasteiger partial charge in [-0.15, -0.1) is 0 Å². The van der Waals surface area contributed by atoms with Gasteiger partial charge in [-0.25, -0.2) is 0 Å². The first-order chi connectivity index (χ1) is 4.61. The second-order valence-electron chi connectivity index (χ2n) is 2.29. The van der Waals surface area contributed by atoms with Gasteiger partial charge < -0.3 is 5.11 Å². The fraction of sp³-hybridized carbons (Fsp3) is 0.111. The number of aromatic hydroxyl groups is 1. The minimum atomic E-state index is -0.0226. The number of phenolic OH excluding ortho intramolecular Hbond substituents is 1. The van der Waals surface area contributed by atoms with Crippen molar-refractivity contribution in [2.24, 2.45) is 0 Å². The first kappa shape index (κ1) is 7.13. The van der Waals surface area contributed by atoms with Crippen LogP contribution in [-0.4, -0.2) is 5.11 Å². The lowest BCUT2D eigenvalue weighted by Crippen LogP contribution is -1.81. The van der Waals surface area contributed by atoms with E-state index in [1.54, 1.807) is 12.1 Å². The lowest BCUT2D eigenvalue weighted by molar-refractivity contribution is 0.470. The van der Waals surface area contributed by atoms with Crippen LogP contribution in [0.3, 0.4) is 0 Å². The van der Waals surface area contributed by atoms with Crippen molar-refractivity contribution in [1.29, 1.82) is 0 Å². The Bertz CT molecular complexity index is 228. The maximum atomic E-state index is 9.08. The van der Waals surface area contributed by atoms with Crippen molar-refractivity contribution in [1.82, 2.24) is 0 Å². The second kappa shape index (κ2) is 2.33. The van der Waals surface area contributed by atoms with Gasteiger partial charge in [-0.3, -0.25) is 0 Å². The Hall–Kier alpha value is -0.980. The van der Waals surface area contributed by atoms with Crippen LogP contribution in [0.15, 0.2) is 12.1 Å². The van der Waals surface area contributed by atoms with E-state index in [1.165, 1.54) is 0 Å². The Balaban J connectivity index is 3.31. The van der Waals surface area contributed by atoms with E-state index in [0.29, 0.717) is 11.1 Å². The zero-order chi connectivity index (χ0) is 7.72. The molecule has 0 fully saturated rings. The minimum Gasteiger partial charge on any atom is -0.507 e. The molecule has 0 saturated carbocycles. The van der Waals surface area contributed by atoms with E-state index < -0.39 is 0 Å². The van der Waals surface area contributed by atoms with Crippen molar-refractivity contribution in [3.05, 3.63) is 42.7 Å². The second-order valence-corrected chi connectivity index (χ2v) is 2.29. The van der Waals surface area contributed by atoms with E-state index in [1.807, 2.05) is 6.92 Å². The third-order valence-electron chi connectivity index (χ3n) is 1.31. The monoisotopic (exact) mass is 132 g/mol. The van der Waals surface area contributed by atoms with Gasteiger partial charge in [-0.05, 0) is 18.1 Å². The Morgan fingerprint density at radius 3 is 2.00 bits per heavy atom. The van der Waals surface area contributed by atoms with Gasteiger partial charge in [0.25, 0.3) is 0 Å². The summed E-state index contributed by atoms with van der Waals surface area (Å²) in [6, 6.07) is 3.34. The number of phenols is 1. The molecular formula is C9H8O. The van der Waals surface area contributed by atoms with Crippen molar-refractivity contribution in [2.75, 3.05) is 0 Å². The van der Waals surface area contributed by atoms with Gasteiger partial charge >= 0.3 is 0 Å². The number of rotatable bonds is 0. The maximum Gasteiger partial charge on any atom is 0.122 e. The van der Waals surface area contributed by atoms with E-state index in [2.05, 4.69) is 0 Å². The van der Waals surface area contributed by atoms with Gasteiger partial charge in [0, 0.05) is 13.8 Å². The Labute approximate surface area is 61.3 Å². The predicted octanol–water partition coefficient (Wildman–Crippen LogP) is 1.82. The number of benzene rings is 1. The average Bonchev–Trinajstić information content (AvgIpc) is 1.82. The molecule has 4 radical (unpaired) electrons. The van der Waals surface area contributed by atoms with Crippen molar-refractivity contribution < 1.29 is 5.11 Å². The molecule has 0 spiro atoms. The molecule has 0 aliphatic rings. The zero-order valence-electron chi connectivity index (χ0n) is 5.76. The summed E-state index contributed by atoms with van der Waals surface area (Å²) >= 11 is 0. The van der Waals surface area contributed by atoms with Crippen molar-refractivity contribution in [3.8, 4) is 5.75 Å². The third-order valence-corrected chi connectivity index (χ3v) is 1.31. The molecule has 50 valence electrons. The molecule has 0 saturated heterocycles. The molecule has 1 nitrogen and oxygen atoms in total. The molecule has 0 bridgehead atoms. The van der Waals surface area contributed by atoms with Crippen LogP contribution < -0.4 is 0 Å². The Morgan fingerprint density at radius 2 is 1.60 bits per heavy atom. The highest BCUT2D eigenvalue weighted by Crippen LogP contribution is 2.21. The number of aryl methyl sites for hydroxylation is 1. The summed E-state index contributed by atoms with van der Waals surface area (Å²) in [5.41, 5.74) is 1.61. The topological polar surface area (TPSA) is 20.2 Å². The summed E-state index contributed by atoms with van der Waals surface area (Å²) in [4.78, 5) is 0. The molecular weight excluding hydrogens is 124 g/mol. The zero-order valence-corrected chi connectivity index (χ0v) is 5.76. The highest BCUT2D eigenvalue weighted by Gasteiger charge is 1.99. The Morgan fingerprint density at radius 1 is 1.20 bits per heavy atom. The summed E-state index contributed by atoms with van der Waals surface area (Å²) in [6.45, 7) is 12.7. The Kier molecular flexibility index (Phi) is 1.66. The molecule has 0 amide bonds. The van der Waals surface area contributed by atoms with E-state index in [9.17, 15) is 0 Å². The molecule has 10 heavy (non-hydrogen) atoms.